The quantitative estimate of drug-likeness (QED) is 0.430. The highest BCUT2D eigenvalue weighted by atomic mass is 32.2. The van der Waals surface area contributed by atoms with E-state index in [-0.39, 0.29) is 11.3 Å². The zero-order valence-electron chi connectivity index (χ0n) is 20.5. The number of anilines is 1. The summed E-state index contributed by atoms with van der Waals surface area (Å²) in [5, 5.41) is 12.8. The molecule has 10 nitrogen and oxygen atoms in total. The Balaban J connectivity index is 1.36. The Morgan fingerprint density at radius 2 is 1.75 bits per heavy atom. The average molecular weight is 515 g/mol. The molecule has 4 rings (SSSR count). The summed E-state index contributed by atoms with van der Waals surface area (Å²) in [6.07, 6.45) is -0.164. The zero-order chi connectivity index (χ0) is 25.5. The number of carboxylic acids is 1. The number of hydrogen-bond donors (Lipinski definition) is 3. The lowest BCUT2D eigenvalue weighted by Crippen LogP contribution is -2.53. The van der Waals surface area contributed by atoms with Gasteiger partial charge in [0.2, 0.25) is 10.0 Å². The smallest absolute Gasteiger partial charge is 0.306 e. The molecule has 0 amide bonds. The second kappa shape index (κ2) is 11.7. The average Bonchev–Trinajstić information content (AvgIpc) is 2.89. The van der Waals surface area contributed by atoms with Gasteiger partial charge in [-0.25, -0.2) is 8.42 Å². The Morgan fingerprint density at radius 3 is 2.36 bits per heavy atom. The highest BCUT2D eigenvalue weighted by Gasteiger charge is 2.26. The summed E-state index contributed by atoms with van der Waals surface area (Å²) < 4.78 is 28.1. The Kier molecular flexibility index (Phi) is 8.44. The summed E-state index contributed by atoms with van der Waals surface area (Å²) in [4.78, 5) is 22.5. The third-order valence-electron chi connectivity index (χ3n) is 6.44. The van der Waals surface area contributed by atoms with E-state index in [0.29, 0.717) is 6.54 Å². The number of nitrogens with zero attached hydrogens (tertiary/aromatic N) is 4. The van der Waals surface area contributed by atoms with Crippen molar-refractivity contribution in [3.8, 4) is 0 Å². The minimum atomic E-state index is -3.85. The van der Waals surface area contributed by atoms with Gasteiger partial charge in [0.15, 0.2) is 5.96 Å². The molecule has 3 N–H and O–H groups in total. The first kappa shape index (κ1) is 25.9. The molecule has 1 unspecified atom stereocenters. The van der Waals surface area contributed by atoms with E-state index in [1.54, 1.807) is 30.1 Å². The highest BCUT2D eigenvalue weighted by Crippen LogP contribution is 2.19. The number of aliphatic carboxylic acids is 1. The van der Waals surface area contributed by atoms with Crippen LogP contribution < -0.4 is 14.9 Å². The van der Waals surface area contributed by atoms with Gasteiger partial charge in [-0.15, -0.1) is 0 Å². The number of aliphatic imine (C=N–C) groups is 1. The monoisotopic (exact) mass is 514 g/mol. The second-order valence-corrected chi connectivity index (χ2v) is 10.8. The zero-order valence-corrected chi connectivity index (χ0v) is 21.3. The van der Waals surface area contributed by atoms with Gasteiger partial charge < -0.3 is 20.2 Å². The lowest BCUT2D eigenvalue weighted by atomic mass is 10.1. The number of carbonyl (C=O) groups is 1. The SMILES string of the molecule is CN(Cc1ccc(N2CCN(C3=NCCCN3)CC2)cc1)C(CC(=O)O)NS(=O)(=O)c1ccccc1. The molecule has 0 aliphatic carbocycles. The molecule has 11 heteroatoms. The molecule has 2 aromatic carbocycles. The summed E-state index contributed by atoms with van der Waals surface area (Å²) in [6.45, 7) is 5.90. The van der Waals surface area contributed by atoms with Gasteiger partial charge in [0.05, 0.1) is 17.5 Å². The summed E-state index contributed by atoms with van der Waals surface area (Å²) in [7, 11) is -2.14. The number of piperazine rings is 1. The van der Waals surface area contributed by atoms with Crippen LogP contribution in [0.15, 0.2) is 64.5 Å². The summed E-state index contributed by atoms with van der Waals surface area (Å²) in [5.41, 5.74) is 2.10. The van der Waals surface area contributed by atoms with E-state index in [2.05, 4.69) is 37.0 Å². The molecule has 1 fully saturated rings. The third-order valence-corrected chi connectivity index (χ3v) is 7.91. The fraction of sp³-hybridized carbons (Fsp3) is 0.440. The Morgan fingerprint density at radius 1 is 1.08 bits per heavy atom. The van der Waals surface area contributed by atoms with E-state index in [1.807, 2.05) is 12.1 Å². The first-order valence-corrected chi connectivity index (χ1v) is 13.7. The molecule has 0 bridgehead atoms. The number of guanidine groups is 1. The molecule has 1 saturated heterocycles. The molecule has 2 heterocycles. The number of nitrogens with one attached hydrogen (secondary N) is 2. The van der Waals surface area contributed by atoms with E-state index in [9.17, 15) is 18.3 Å². The Hall–Kier alpha value is -3.15. The van der Waals surface area contributed by atoms with Crippen LogP contribution in [0.25, 0.3) is 0 Å². The van der Waals surface area contributed by atoms with E-state index in [1.165, 1.54) is 12.1 Å². The first-order chi connectivity index (χ1) is 17.3. The van der Waals surface area contributed by atoms with Crippen molar-refractivity contribution in [3.05, 3.63) is 60.2 Å². The van der Waals surface area contributed by atoms with Gasteiger partial charge in [0, 0.05) is 51.5 Å². The van der Waals surface area contributed by atoms with E-state index < -0.39 is 22.2 Å². The molecule has 1 atom stereocenters. The fourth-order valence-electron chi connectivity index (χ4n) is 4.42. The van der Waals surface area contributed by atoms with Crippen LogP contribution in [0.1, 0.15) is 18.4 Å². The summed E-state index contributed by atoms with van der Waals surface area (Å²) >= 11 is 0. The van der Waals surface area contributed by atoms with Crippen LogP contribution >= 0.6 is 0 Å². The molecular formula is C25H34N6O4S. The van der Waals surface area contributed by atoms with Crippen LogP contribution in [0.5, 0.6) is 0 Å². The van der Waals surface area contributed by atoms with Gasteiger partial charge >= 0.3 is 5.97 Å². The van der Waals surface area contributed by atoms with Crippen LogP contribution in [-0.2, 0) is 21.4 Å². The predicted molar refractivity (Wildman–Crippen MR) is 139 cm³/mol. The van der Waals surface area contributed by atoms with Gasteiger partial charge in [0.1, 0.15) is 0 Å². The Labute approximate surface area is 212 Å². The maximum absolute atomic E-state index is 12.8. The van der Waals surface area contributed by atoms with Gasteiger partial charge in [-0.2, -0.15) is 4.72 Å². The fourth-order valence-corrected chi connectivity index (χ4v) is 5.69. The molecular weight excluding hydrogens is 480 g/mol. The number of rotatable bonds is 9. The minimum absolute atomic E-state index is 0.101. The summed E-state index contributed by atoms with van der Waals surface area (Å²) in [6, 6.07) is 16.1. The normalized spacial score (nSPS) is 17.4. The van der Waals surface area contributed by atoms with Crippen molar-refractivity contribution < 1.29 is 18.3 Å². The molecule has 0 saturated carbocycles. The lowest BCUT2D eigenvalue weighted by molar-refractivity contribution is -0.138. The number of carboxylic acid groups (broad SMARTS) is 1. The number of sulfonamides is 1. The van der Waals surface area contributed by atoms with Crippen molar-refractivity contribution in [2.75, 3.05) is 51.2 Å². The van der Waals surface area contributed by atoms with Gasteiger partial charge in [-0.3, -0.25) is 14.7 Å². The molecule has 36 heavy (non-hydrogen) atoms. The molecule has 2 aliphatic rings. The molecule has 2 aromatic rings. The van der Waals surface area contributed by atoms with E-state index >= 15 is 0 Å². The molecule has 0 radical (unpaired) electrons. The highest BCUT2D eigenvalue weighted by molar-refractivity contribution is 7.89. The molecule has 2 aliphatic heterocycles. The van der Waals surface area contributed by atoms with Crippen LogP contribution in [0.4, 0.5) is 5.69 Å². The number of benzene rings is 2. The van der Waals surface area contributed by atoms with Crippen molar-refractivity contribution in [1.82, 2.24) is 19.8 Å². The minimum Gasteiger partial charge on any atom is -0.481 e. The first-order valence-electron chi connectivity index (χ1n) is 12.2. The van der Waals surface area contributed by atoms with E-state index in [0.717, 1.165) is 62.9 Å². The van der Waals surface area contributed by atoms with Gasteiger partial charge in [0.25, 0.3) is 0 Å². The third kappa shape index (κ3) is 6.74. The van der Waals surface area contributed by atoms with E-state index in [4.69, 9.17) is 0 Å². The van der Waals surface area contributed by atoms with Crippen LogP contribution in [-0.4, -0.2) is 87.7 Å². The van der Waals surface area contributed by atoms with Crippen molar-refractivity contribution in [3.63, 3.8) is 0 Å². The van der Waals surface area contributed by atoms with Gasteiger partial charge in [-0.1, -0.05) is 30.3 Å². The van der Waals surface area contributed by atoms with Gasteiger partial charge in [-0.05, 0) is 43.3 Å². The maximum Gasteiger partial charge on any atom is 0.306 e. The maximum atomic E-state index is 12.8. The molecule has 0 aromatic heterocycles. The van der Waals surface area contributed by atoms with Crippen LogP contribution in [0, 0.1) is 0 Å². The van der Waals surface area contributed by atoms with Crippen LogP contribution in [0.3, 0.4) is 0 Å². The molecule has 0 spiro atoms. The molecule has 194 valence electrons. The number of hydrogen-bond acceptors (Lipinski definition) is 8. The Bertz CT molecular complexity index is 1150. The van der Waals surface area contributed by atoms with Crippen LogP contribution in [0.2, 0.25) is 0 Å². The van der Waals surface area contributed by atoms with Crippen molar-refractivity contribution in [2.24, 2.45) is 4.99 Å². The van der Waals surface area contributed by atoms with Crippen molar-refractivity contribution in [2.45, 2.75) is 30.4 Å². The standard InChI is InChI=1S/C25H34N6O4S/c1-29(23(18-24(32)33)28-36(34,35)22-6-3-2-4-7-22)19-20-8-10-21(11-9-20)30-14-16-31(17-15-30)25-26-12-5-13-27-25/h2-4,6-11,23,28H,5,12-19H2,1H3,(H,26,27)(H,32,33). The second-order valence-electron chi connectivity index (χ2n) is 9.09. The largest absolute Gasteiger partial charge is 0.481 e. The van der Waals surface area contributed by atoms with Crippen molar-refractivity contribution >= 4 is 27.6 Å². The summed E-state index contributed by atoms with van der Waals surface area (Å²) in [5.74, 6) is -0.0652. The topological polar surface area (TPSA) is 118 Å². The predicted octanol–water partition coefficient (Wildman–Crippen LogP) is 1.37. The van der Waals surface area contributed by atoms with Crippen molar-refractivity contribution in [1.29, 1.82) is 0 Å². The lowest BCUT2D eigenvalue weighted by Gasteiger charge is -2.38.